The number of hydrogen-bond acceptors (Lipinski definition) is 2. The minimum Gasteiger partial charge on any atom is -0.383 e. The highest BCUT2D eigenvalue weighted by Gasteiger charge is 2.45. The highest BCUT2D eigenvalue weighted by Crippen LogP contribution is 2.45. The third-order valence-corrected chi connectivity index (χ3v) is 4.36. The summed E-state index contributed by atoms with van der Waals surface area (Å²) in [5.41, 5.74) is 0.572. The van der Waals surface area contributed by atoms with E-state index < -0.39 is 5.60 Å². The third-order valence-electron chi connectivity index (χ3n) is 4.36. The van der Waals surface area contributed by atoms with Gasteiger partial charge in [-0.3, -0.25) is 4.79 Å². The van der Waals surface area contributed by atoms with Crippen molar-refractivity contribution in [2.45, 2.75) is 24.9 Å². The highest BCUT2D eigenvalue weighted by molar-refractivity contribution is 5.78. The summed E-state index contributed by atoms with van der Waals surface area (Å²) in [6.45, 7) is 0.196. The van der Waals surface area contributed by atoms with E-state index in [-0.39, 0.29) is 30.6 Å². The van der Waals surface area contributed by atoms with E-state index in [1.165, 1.54) is 12.1 Å². The van der Waals surface area contributed by atoms with Gasteiger partial charge in [0.25, 0.3) is 0 Å². The molecule has 2 aromatic rings. The topological polar surface area (TPSA) is 49.3 Å². The molecule has 1 fully saturated rings. The van der Waals surface area contributed by atoms with Crippen molar-refractivity contribution in [2.75, 3.05) is 6.54 Å². The normalized spacial score (nSPS) is 16.6. The second-order valence-corrected chi connectivity index (χ2v) is 6.14. The van der Waals surface area contributed by atoms with E-state index >= 15 is 0 Å². The molecule has 1 aliphatic rings. The first kappa shape index (κ1) is 15.7. The zero-order chi connectivity index (χ0) is 16.3. The molecule has 1 aliphatic carbocycles. The zero-order valence-corrected chi connectivity index (χ0v) is 12.8. The largest absolute Gasteiger partial charge is 0.383 e. The third kappa shape index (κ3) is 3.77. The second kappa shape index (κ2) is 6.50. The van der Waals surface area contributed by atoms with Gasteiger partial charge in [-0.2, -0.15) is 0 Å². The van der Waals surface area contributed by atoms with Crippen molar-refractivity contribution < 1.29 is 14.3 Å². The molecule has 3 nitrogen and oxygen atoms in total. The molecule has 23 heavy (non-hydrogen) atoms. The summed E-state index contributed by atoms with van der Waals surface area (Å²) >= 11 is 0. The first-order chi connectivity index (χ1) is 11.1. The standard InChI is InChI=1S/C19H20FNO2/c20-17-10-6-14(7-11-17)12-18(22)21-13-19(23,16-8-9-16)15-4-2-1-3-5-15/h1-7,10-11,16,23H,8-9,12-13H2,(H,21,22)/t19-/m1/s1. The summed E-state index contributed by atoms with van der Waals surface area (Å²) < 4.78 is 12.9. The molecule has 3 rings (SSSR count). The number of amides is 1. The van der Waals surface area contributed by atoms with Crippen molar-refractivity contribution in [1.29, 1.82) is 0 Å². The molecular weight excluding hydrogens is 293 g/mol. The predicted molar refractivity (Wildman–Crippen MR) is 86.2 cm³/mol. The fraction of sp³-hybridized carbons (Fsp3) is 0.316. The molecule has 1 amide bonds. The number of nitrogens with one attached hydrogen (secondary N) is 1. The van der Waals surface area contributed by atoms with E-state index in [1.807, 2.05) is 30.3 Å². The second-order valence-electron chi connectivity index (χ2n) is 6.14. The Kier molecular flexibility index (Phi) is 4.44. The summed E-state index contributed by atoms with van der Waals surface area (Å²) in [6.07, 6.45) is 2.12. The number of halogens is 1. The Bertz CT molecular complexity index is 668. The summed E-state index contributed by atoms with van der Waals surface area (Å²) in [4.78, 5) is 12.1. The Balaban J connectivity index is 1.63. The number of carbonyl (C=O) groups excluding carboxylic acids is 1. The lowest BCUT2D eigenvalue weighted by Gasteiger charge is -2.29. The van der Waals surface area contributed by atoms with Crippen LogP contribution in [-0.2, 0) is 16.8 Å². The van der Waals surface area contributed by atoms with E-state index in [2.05, 4.69) is 5.32 Å². The SMILES string of the molecule is O=C(Cc1ccc(F)cc1)NC[C@@](O)(c1ccccc1)C1CC1. The molecule has 0 unspecified atom stereocenters. The van der Waals surface area contributed by atoms with Gasteiger partial charge in [-0.1, -0.05) is 42.5 Å². The van der Waals surface area contributed by atoms with Crippen molar-refractivity contribution in [3.63, 3.8) is 0 Å². The maximum atomic E-state index is 12.9. The zero-order valence-electron chi connectivity index (χ0n) is 12.8. The van der Waals surface area contributed by atoms with Gasteiger partial charge in [0.1, 0.15) is 11.4 Å². The molecule has 0 bridgehead atoms. The van der Waals surface area contributed by atoms with Crippen LogP contribution in [0.5, 0.6) is 0 Å². The number of rotatable bonds is 6. The average molecular weight is 313 g/mol. The van der Waals surface area contributed by atoms with Gasteiger partial charge < -0.3 is 10.4 Å². The van der Waals surface area contributed by atoms with Gasteiger partial charge in [0, 0.05) is 0 Å². The Morgan fingerprint density at radius 2 is 1.78 bits per heavy atom. The summed E-state index contributed by atoms with van der Waals surface area (Å²) in [5.74, 6) is -0.302. The van der Waals surface area contributed by atoms with Gasteiger partial charge in [-0.25, -0.2) is 4.39 Å². The van der Waals surface area contributed by atoms with Gasteiger partial charge in [-0.15, -0.1) is 0 Å². The van der Waals surface area contributed by atoms with Crippen LogP contribution in [0, 0.1) is 11.7 Å². The Hall–Kier alpha value is -2.20. The summed E-state index contributed by atoms with van der Waals surface area (Å²) in [7, 11) is 0. The smallest absolute Gasteiger partial charge is 0.224 e. The van der Waals surface area contributed by atoms with E-state index in [0.717, 1.165) is 24.0 Å². The van der Waals surface area contributed by atoms with E-state index in [4.69, 9.17) is 0 Å². The van der Waals surface area contributed by atoms with E-state index in [0.29, 0.717) is 0 Å². The molecular formula is C19H20FNO2. The minimum atomic E-state index is -1.01. The number of carbonyl (C=O) groups is 1. The van der Waals surface area contributed by atoms with Crippen molar-refractivity contribution in [1.82, 2.24) is 5.32 Å². The molecule has 2 aromatic carbocycles. The molecule has 4 heteroatoms. The van der Waals surface area contributed by atoms with E-state index in [1.54, 1.807) is 12.1 Å². The maximum absolute atomic E-state index is 12.9. The Labute approximate surface area is 135 Å². The van der Waals surface area contributed by atoms with Crippen LogP contribution in [0.4, 0.5) is 4.39 Å². The molecule has 0 radical (unpaired) electrons. The van der Waals surface area contributed by atoms with Crippen LogP contribution in [0.15, 0.2) is 54.6 Å². The van der Waals surface area contributed by atoms with Crippen molar-refractivity contribution >= 4 is 5.91 Å². The molecule has 0 saturated heterocycles. The fourth-order valence-corrected chi connectivity index (χ4v) is 2.85. The lowest BCUT2D eigenvalue weighted by molar-refractivity contribution is -0.122. The molecule has 0 aliphatic heterocycles. The van der Waals surface area contributed by atoms with Crippen molar-refractivity contribution in [3.8, 4) is 0 Å². The van der Waals surface area contributed by atoms with Crippen LogP contribution in [0.25, 0.3) is 0 Å². The van der Waals surface area contributed by atoms with Crippen LogP contribution in [-0.4, -0.2) is 17.6 Å². The molecule has 120 valence electrons. The van der Waals surface area contributed by atoms with Gasteiger partial charge >= 0.3 is 0 Å². The molecule has 0 aromatic heterocycles. The fourth-order valence-electron chi connectivity index (χ4n) is 2.85. The first-order valence-corrected chi connectivity index (χ1v) is 7.87. The van der Waals surface area contributed by atoms with E-state index in [9.17, 15) is 14.3 Å². The van der Waals surface area contributed by atoms with Gasteiger partial charge in [0.2, 0.25) is 5.91 Å². The number of hydrogen-bond donors (Lipinski definition) is 2. The van der Waals surface area contributed by atoms with Crippen LogP contribution in [0.1, 0.15) is 24.0 Å². The Morgan fingerprint density at radius 1 is 1.13 bits per heavy atom. The van der Waals surface area contributed by atoms with Gasteiger partial charge in [-0.05, 0) is 42.0 Å². The lowest BCUT2D eigenvalue weighted by atomic mass is 9.88. The lowest BCUT2D eigenvalue weighted by Crippen LogP contribution is -2.43. The molecule has 2 N–H and O–H groups in total. The van der Waals surface area contributed by atoms with Crippen molar-refractivity contribution in [2.24, 2.45) is 5.92 Å². The van der Waals surface area contributed by atoms with Crippen LogP contribution in [0.3, 0.4) is 0 Å². The Morgan fingerprint density at radius 3 is 2.39 bits per heavy atom. The van der Waals surface area contributed by atoms with Crippen LogP contribution < -0.4 is 5.32 Å². The first-order valence-electron chi connectivity index (χ1n) is 7.87. The van der Waals surface area contributed by atoms with Crippen LogP contribution >= 0.6 is 0 Å². The van der Waals surface area contributed by atoms with Gasteiger partial charge in [0.05, 0.1) is 13.0 Å². The van der Waals surface area contributed by atoms with Gasteiger partial charge in [0.15, 0.2) is 0 Å². The molecule has 1 atom stereocenters. The number of aliphatic hydroxyl groups is 1. The molecule has 1 saturated carbocycles. The summed E-state index contributed by atoms with van der Waals surface area (Å²) in [5, 5.41) is 13.8. The monoisotopic (exact) mass is 313 g/mol. The highest BCUT2D eigenvalue weighted by atomic mass is 19.1. The van der Waals surface area contributed by atoms with Crippen LogP contribution in [0.2, 0.25) is 0 Å². The molecule has 0 heterocycles. The maximum Gasteiger partial charge on any atom is 0.224 e. The average Bonchev–Trinajstić information content (AvgIpc) is 3.41. The number of benzene rings is 2. The predicted octanol–water partition coefficient (Wildman–Crippen LogP) is 2.78. The quantitative estimate of drug-likeness (QED) is 0.861. The van der Waals surface area contributed by atoms with Crippen molar-refractivity contribution in [3.05, 3.63) is 71.5 Å². The molecule has 0 spiro atoms. The summed E-state index contributed by atoms with van der Waals surface area (Å²) in [6, 6.07) is 15.4. The minimum absolute atomic E-state index is 0.174.